The summed E-state index contributed by atoms with van der Waals surface area (Å²) in [6.07, 6.45) is -0.456. The van der Waals surface area contributed by atoms with Crippen LogP contribution in [0.2, 0.25) is 0 Å². The Morgan fingerprint density at radius 1 is 0.977 bits per heavy atom. The van der Waals surface area contributed by atoms with Crippen molar-refractivity contribution in [3.8, 4) is 23.2 Å². The van der Waals surface area contributed by atoms with E-state index in [2.05, 4.69) is 25.6 Å². The van der Waals surface area contributed by atoms with Crippen molar-refractivity contribution in [3.05, 3.63) is 89.6 Å². The van der Waals surface area contributed by atoms with Gasteiger partial charge in [0.05, 0.1) is 30.8 Å². The van der Waals surface area contributed by atoms with Crippen LogP contribution in [0.4, 0.5) is 0 Å². The molecule has 0 aliphatic carbocycles. The third-order valence-corrected chi connectivity index (χ3v) is 6.66. The minimum atomic E-state index is -0.567. The summed E-state index contributed by atoms with van der Waals surface area (Å²) in [5.41, 5.74) is 4.34. The molecule has 1 atom stereocenters. The number of carbonyl (C=O) groups excluding carboxylic acids is 1. The number of benzene rings is 3. The number of aromatic nitrogens is 6. The number of fused-ring (bicyclic) bond motifs is 2. The Balaban J connectivity index is 1.29. The molecule has 3 heterocycles. The Bertz CT molecular complexity index is 1860. The highest BCUT2D eigenvalue weighted by atomic mass is 16.5. The summed E-state index contributed by atoms with van der Waals surface area (Å²) in [6, 6.07) is 23.0. The summed E-state index contributed by atoms with van der Waals surface area (Å²) < 4.78 is 29.1. The molecule has 1 N–H and O–H groups in total. The van der Waals surface area contributed by atoms with E-state index < -0.39 is 6.10 Å². The van der Waals surface area contributed by atoms with Gasteiger partial charge < -0.3 is 23.4 Å². The van der Waals surface area contributed by atoms with Crippen molar-refractivity contribution in [2.75, 3.05) is 20.3 Å². The van der Waals surface area contributed by atoms with Gasteiger partial charge in [-0.25, -0.2) is 9.97 Å². The van der Waals surface area contributed by atoms with Gasteiger partial charge in [-0.1, -0.05) is 30.3 Å². The third kappa shape index (κ3) is 6.28. The van der Waals surface area contributed by atoms with Gasteiger partial charge >= 0.3 is 5.97 Å². The van der Waals surface area contributed by atoms with Crippen LogP contribution in [0.5, 0.6) is 11.5 Å². The molecule has 3 aromatic heterocycles. The fourth-order valence-electron chi connectivity index (χ4n) is 4.67. The van der Waals surface area contributed by atoms with E-state index in [9.17, 15) is 4.79 Å². The minimum absolute atomic E-state index is 0.111. The van der Waals surface area contributed by atoms with Gasteiger partial charge in [-0.3, -0.25) is 4.79 Å². The standard InChI is InChI=1S/C31H28N6O6/c1-3-40-28(38)14-15-41-26-13-11-22(42-18-21-10-8-19-6-4-5-7-24(19)32-21)17-23(26)29(39-2)20-9-12-25-27(16-20)43-31(33-25)30-34-36-37-35-30/h4-13,16-17,29H,3,14-15,18H2,1-2H3,(H,34,35,36,37). The fraction of sp³-hybridized carbons (Fsp3) is 0.226. The lowest BCUT2D eigenvalue weighted by Gasteiger charge is -2.21. The maximum atomic E-state index is 11.9. The van der Waals surface area contributed by atoms with Crippen molar-refractivity contribution in [2.45, 2.75) is 26.1 Å². The lowest BCUT2D eigenvalue weighted by atomic mass is 9.99. The summed E-state index contributed by atoms with van der Waals surface area (Å²) in [5.74, 6) is 1.31. The number of esters is 1. The van der Waals surface area contributed by atoms with E-state index >= 15 is 0 Å². The number of hydrogen-bond donors (Lipinski definition) is 1. The SMILES string of the molecule is CCOC(=O)CCOc1ccc(OCc2ccc3ccccc3n2)cc1C(OC)c1ccc2nc(-c3nn[nH]n3)oc2c1. The van der Waals surface area contributed by atoms with Crippen LogP contribution in [-0.4, -0.2) is 56.9 Å². The van der Waals surface area contributed by atoms with Crippen LogP contribution in [0.15, 0.2) is 77.2 Å². The lowest BCUT2D eigenvalue weighted by Crippen LogP contribution is -2.12. The molecule has 0 saturated carbocycles. The monoisotopic (exact) mass is 580 g/mol. The van der Waals surface area contributed by atoms with Crippen LogP contribution >= 0.6 is 0 Å². The van der Waals surface area contributed by atoms with E-state index in [1.165, 1.54) is 0 Å². The minimum Gasteiger partial charge on any atom is -0.493 e. The van der Waals surface area contributed by atoms with E-state index in [4.69, 9.17) is 28.3 Å². The Morgan fingerprint density at radius 2 is 1.88 bits per heavy atom. The average Bonchev–Trinajstić information content (AvgIpc) is 3.72. The first-order valence-corrected chi connectivity index (χ1v) is 13.7. The average molecular weight is 581 g/mol. The second-order valence-corrected chi connectivity index (χ2v) is 9.48. The number of oxazole rings is 1. The lowest BCUT2D eigenvalue weighted by molar-refractivity contribution is -0.143. The predicted molar refractivity (Wildman–Crippen MR) is 155 cm³/mol. The van der Waals surface area contributed by atoms with Gasteiger partial charge in [-0.05, 0) is 60.2 Å². The second kappa shape index (κ2) is 12.7. The highest BCUT2D eigenvalue weighted by Gasteiger charge is 2.22. The number of hydrogen-bond acceptors (Lipinski definition) is 11. The third-order valence-electron chi connectivity index (χ3n) is 6.66. The molecule has 6 aromatic rings. The largest absolute Gasteiger partial charge is 0.493 e. The number of methoxy groups -OCH3 is 1. The van der Waals surface area contributed by atoms with Crippen LogP contribution in [0.25, 0.3) is 33.7 Å². The zero-order valence-electron chi connectivity index (χ0n) is 23.5. The number of H-pyrrole nitrogens is 1. The summed E-state index contributed by atoms with van der Waals surface area (Å²) in [7, 11) is 1.61. The topological polar surface area (TPSA) is 147 Å². The zero-order chi connectivity index (χ0) is 29.6. The molecule has 218 valence electrons. The van der Waals surface area contributed by atoms with Crippen LogP contribution in [0.1, 0.15) is 36.3 Å². The number of nitrogens with zero attached hydrogens (tertiary/aromatic N) is 5. The molecule has 1 unspecified atom stereocenters. The molecule has 12 heteroatoms. The van der Waals surface area contributed by atoms with Gasteiger partial charge in [0.1, 0.15) is 29.7 Å². The molecule has 0 aliphatic heterocycles. The van der Waals surface area contributed by atoms with Crippen LogP contribution in [-0.2, 0) is 20.9 Å². The summed E-state index contributed by atoms with van der Waals surface area (Å²) >= 11 is 0. The van der Waals surface area contributed by atoms with Crippen LogP contribution in [0.3, 0.4) is 0 Å². The van der Waals surface area contributed by atoms with Crippen molar-refractivity contribution < 1.29 is 28.2 Å². The van der Waals surface area contributed by atoms with Crippen molar-refractivity contribution in [1.82, 2.24) is 30.6 Å². The van der Waals surface area contributed by atoms with Crippen molar-refractivity contribution in [1.29, 1.82) is 0 Å². The second-order valence-electron chi connectivity index (χ2n) is 9.48. The molecule has 0 amide bonds. The Labute approximate surface area is 246 Å². The van der Waals surface area contributed by atoms with Crippen LogP contribution in [0, 0.1) is 0 Å². The first-order valence-electron chi connectivity index (χ1n) is 13.7. The number of ether oxygens (including phenoxy) is 4. The highest BCUT2D eigenvalue weighted by molar-refractivity contribution is 5.78. The maximum absolute atomic E-state index is 11.9. The zero-order valence-corrected chi connectivity index (χ0v) is 23.5. The van der Waals surface area contributed by atoms with Crippen molar-refractivity contribution >= 4 is 28.0 Å². The Kier molecular flexibility index (Phi) is 8.18. The van der Waals surface area contributed by atoms with E-state index in [-0.39, 0.29) is 37.3 Å². The summed E-state index contributed by atoms with van der Waals surface area (Å²) in [4.78, 5) is 21.1. The quantitative estimate of drug-likeness (QED) is 0.190. The van der Waals surface area contributed by atoms with Gasteiger partial charge in [0.2, 0.25) is 0 Å². The molecular weight excluding hydrogens is 552 g/mol. The van der Waals surface area contributed by atoms with E-state index in [0.717, 1.165) is 22.2 Å². The smallest absolute Gasteiger partial charge is 0.309 e. The fourth-order valence-corrected chi connectivity index (χ4v) is 4.67. The van der Waals surface area contributed by atoms with Crippen molar-refractivity contribution in [2.24, 2.45) is 0 Å². The number of rotatable bonds is 12. The molecule has 0 saturated heterocycles. The maximum Gasteiger partial charge on any atom is 0.309 e. The first-order chi connectivity index (χ1) is 21.1. The molecule has 0 bridgehead atoms. The van der Waals surface area contributed by atoms with Gasteiger partial charge in [0.15, 0.2) is 5.58 Å². The molecule has 0 aliphatic rings. The molecule has 3 aromatic carbocycles. The Morgan fingerprint density at radius 3 is 2.72 bits per heavy atom. The van der Waals surface area contributed by atoms with Gasteiger partial charge in [-0.15, -0.1) is 10.2 Å². The molecule has 6 rings (SSSR count). The van der Waals surface area contributed by atoms with Gasteiger partial charge in [0.25, 0.3) is 11.7 Å². The number of para-hydroxylation sites is 1. The molecule has 43 heavy (non-hydrogen) atoms. The normalized spacial score (nSPS) is 12.0. The number of carbonyl (C=O) groups is 1. The number of tetrazole rings is 1. The number of aromatic amines is 1. The van der Waals surface area contributed by atoms with Gasteiger partial charge in [-0.2, -0.15) is 5.21 Å². The number of pyridine rings is 1. The molecule has 0 spiro atoms. The molecule has 12 nitrogen and oxygen atoms in total. The predicted octanol–water partition coefficient (Wildman–Crippen LogP) is 5.20. The van der Waals surface area contributed by atoms with E-state index in [0.29, 0.717) is 34.8 Å². The Hall–Kier alpha value is -5.36. The summed E-state index contributed by atoms with van der Waals surface area (Å²) in [6.45, 7) is 2.49. The molecule has 0 radical (unpaired) electrons. The van der Waals surface area contributed by atoms with Gasteiger partial charge in [0, 0.05) is 18.1 Å². The summed E-state index contributed by atoms with van der Waals surface area (Å²) in [5, 5.41) is 14.9. The van der Waals surface area contributed by atoms with Crippen molar-refractivity contribution in [3.63, 3.8) is 0 Å². The van der Waals surface area contributed by atoms with Crippen LogP contribution < -0.4 is 9.47 Å². The highest BCUT2D eigenvalue weighted by Crippen LogP contribution is 2.37. The van der Waals surface area contributed by atoms with E-state index in [1.54, 1.807) is 20.1 Å². The number of nitrogens with one attached hydrogen (secondary N) is 1. The molecule has 0 fully saturated rings. The molecular formula is C31H28N6O6. The first kappa shape index (κ1) is 27.8. The van der Waals surface area contributed by atoms with E-state index in [1.807, 2.05) is 66.7 Å².